The number of allylic oxidation sites excluding steroid dienone is 4. The lowest BCUT2D eigenvalue weighted by Crippen LogP contribution is -2.71. The zero-order valence-electron chi connectivity index (χ0n) is 18.3. The molecule has 2 saturated carbocycles. The Bertz CT molecular complexity index is 904. The van der Waals surface area contributed by atoms with Crippen molar-refractivity contribution < 1.29 is 29.3 Å². The van der Waals surface area contributed by atoms with E-state index < -0.39 is 34.5 Å². The van der Waals surface area contributed by atoms with Crippen LogP contribution in [0.25, 0.3) is 0 Å². The zero-order chi connectivity index (χ0) is 22.2. The summed E-state index contributed by atoms with van der Waals surface area (Å²) in [5.41, 5.74) is -2.67. The van der Waals surface area contributed by atoms with E-state index in [2.05, 4.69) is 12.2 Å². The number of carbonyl (C=O) groups excluding carboxylic acids is 3. The van der Waals surface area contributed by atoms with Gasteiger partial charge in [0.2, 0.25) is 11.4 Å². The molecule has 31 heavy (non-hydrogen) atoms. The van der Waals surface area contributed by atoms with Gasteiger partial charge in [-0.2, -0.15) is 0 Å². The molecule has 0 bridgehead atoms. The van der Waals surface area contributed by atoms with Crippen molar-refractivity contribution in [3.05, 3.63) is 23.8 Å². The molecule has 5 rings (SSSR count). The Balaban J connectivity index is 1.54. The molecular formula is C25H32O6. The molecule has 0 amide bonds. The van der Waals surface area contributed by atoms with Crippen LogP contribution in [-0.4, -0.2) is 45.1 Å². The maximum absolute atomic E-state index is 13.2. The van der Waals surface area contributed by atoms with Crippen molar-refractivity contribution in [3.63, 3.8) is 0 Å². The molecule has 4 aliphatic carbocycles. The second kappa shape index (κ2) is 6.85. The highest BCUT2D eigenvalue weighted by Crippen LogP contribution is 2.67. The quantitative estimate of drug-likeness (QED) is 0.656. The number of Topliss-reactive ketones (excluding diaryl/α,β-unsaturated/α-hetero) is 1. The fourth-order valence-electron chi connectivity index (χ4n) is 7.97. The molecular weight excluding hydrogens is 396 g/mol. The fourth-order valence-corrected chi connectivity index (χ4v) is 7.97. The molecule has 0 radical (unpaired) electrons. The first kappa shape index (κ1) is 21.1. The van der Waals surface area contributed by atoms with Gasteiger partial charge in [0, 0.05) is 11.8 Å². The van der Waals surface area contributed by atoms with Gasteiger partial charge in [-0.15, -0.1) is 0 Å². The molecule has 5 aliphatic rings. The minimum absolute atomic E-state index is 0.148. The van der Waals surface area contributed by atoms with E-state index in [4.69, 9.17) is 4.74 Å². The summed E-state index contributed by atoms with van der Waals surface area (Å²) in [7, 11) is 0. The Hall–Kier alpha value is -1.79. The minimum atomic E-state index is -1.70. The number of fused-ring (bicyclic) bond motifs is 5. The van der Waals surface area contributed by atoms with Crippen molar-refractivity contribution in [2.75, 3.05) is 0 Å². The molecule has 6 nitrogen and oxygen atoms in total. The van der Waals surface area contributed by atoms with E-state index in [9.17, 15) is 24.6 Å². The summed E-state index contributed by atoms with van der Waals surface area (Å²) in [5.74, 6) is 0.238. The van der Waals surface area contributed by atoms with Crippen LogP contribution in [0, 0.1) is 29.1 Å². The van der Waals surface area contributed by atoms with E-state index in [1.165, 1.54) is 0 Å². The number of cyclic esters (lactones) is 1. The van der Waals surface area contributed by atoms with Crippen LogP contribution in [0.2, 0.25) is 0 Å². The molecule has 168 valence electrons. The molecule has 3 fully saturated rings. The zero-order valence-corrected chi connectivity index (χ0v) is 18.3. The largest absolute Gasteiger partial charge is 0.448 e. The predicted molar refractivity (Wildman–Crippen MR) is 112 cm³/mol. The third-order valence-electron chi connectivity index (χ3n) is 9.54. The average molecular weight is 429 g/mol. The van der Waals surface area contributed by atoms with Gasteiger partial charge < -0.3 is 14.9 Å². The molecule has 6 heteroatoms. The van der Waals surface area contributed by atoms with Crippen LogP contribution in [0.3, 0.4) is 0 Å². The summed E-state index contributed by atoms with van der Waals surface area (Å²) in [6, 6.07) is 0. The third kappa shape index (κ3) is 2.61. The van der Waals surface area contributed by atoms with Crippen molar-refractivity contribution in [2.24, 2.45) is 29.1 Å². The Morgan fingerprint density at radius 1 is 1.16 bits per heavy atom. The number of aliphatic hydroxyl groups is 2. The Morgan fingerprint density at radius 2 is 1.94 bits per heavy atom. The van der Waals surface area contributed by atoms with Gasteiger partial charge in [0.1, 0.15) is 11.7 Å². The first-order chi connectivity index (χ1) is 14.7. The molecule has 0 aromatic carbocycles. The monoisotopic (exact) mass is 428 g/mol. The van der Waals surface area contributed by atoms with Gasteiger partial charge in [-0.05, 0) is 73.8 Å². The molecule has 1 aliphatic heterocycles. The summed E-state index contributed by atoms with van der Waals surface area (Å²) < 4.78 is 5.68. The lowest BCUT2D eigenvalue weighted by molar-refractivity contribution is -0.243. The molecule has 2 N–H and O–H groups in total. The van der Waals surface area contributed by atoms with E-state index in [0.29, 0.717) is 24.7 Å². The molecule has 3 unspecified atom stereocenters. The first-order valence-corrected chi connectivity index (χ1v) is 11.8. The smallest absolute Gasteiger partial charge is 0.309 e. The van der Waals surface area contributed by atoms with Crippen molar-refractivity contribution in [3.8, 4) is 0 Å². The highest BCUT2D eigenvalue weighted by Gasteiger charge is 2.73. The lowest BCUT2D eigenvalue weighted by atomic mass is 9.49. The van der Waals surface area contributed by atoms with Gasteiger partial charge in [-0.25, -0.2) is 0 Å². The van der Waals surface area contributed by atoms with E-state index in [0.717, 1.165) is 31.3 Å². The summed E-state index contributed by atoms with van der Waals surface area (Å²) in [6.07, 6.45) is 8.69. The summed E-state index contributed by atoms with van der Waals surface area (Å²) in [4.78, 5) is 37.4. The van der Waals surface area contributed by atoms with Gasteiger partial charge in [-0.3, -0.25) is 14.4 Å². The van der Waals surface area contributed by atoms with Crippen molar-refractivity contribution >= 4 is 17.5 Å². The molecule has 1 heterocycles. The SMILES string of the molecule is CC[C@]1([C@]2(O)CCC3[C@H]4C=CC5=CC(=O)CCC5[C@@H]4CC[C@@]32C)OC(=O)CC(O)C1=O. The van der Waals surface area contributed by atoms with Gasteiger partial charge >= 0.3 is 5.97 Å². The second-order valence-corrected chi connectivity index (χ2v) is 10.6. The van der Waals surface area contributed by atoms with Crippen LogP contribution in [0.4, 0.5) is 0 Å². The van der Waals surface area contributed by atoms with Crippen molar-refractivity contribution in [1.82, 2.24) is 0 Å². The number of hydrogen-bond acceptors (Lipinski definition) is 6. The van der Waals surface area contributed by atoms with Crippen LogP contribution in [0.5, 0.6) is 0 Å². The highest BCUT2D eigenvalue weighted by molar-refractivity contribution is 5.99. The average Bonchev–Trinajstić information content (AvgIpc) is 3.02. The highest BCUT2D eigenvalue weighted by atomic mass is 16.6. The number of hydrogen-bond donors (Lipinski definition) is 2. The topological polar surface area (TPSA) is 101 Å². The third-order valence-corrected chi connectivity index (χ3v) is 9.54. The van der Waals surface area contributed by atoms with Crippen molar-refractivity contribution in [2.45, 2.75) is 82.5 Å². The van der Waals surface area contributed by atoms with Crippen LogP contribution in [-0.2, 0) is 19.1 Å². The van der Waals surface area contributed by atoms with E-state index >= 15 is 0 Å². The number of rotatable bonds is 2. The normalized spacial score (nSPS) is 49.1. The lowest BCUT2D eigenvalue weighted by Gasteiger charge is -2.58. The second-order valence-electron chi connectivity index (χ2n) is 10.6. The summed E-state index contributed by atoms with van der Waals surface area (Å²) in [5, 5.41) is 22.5. The van der Waals surface area contributed by atoms with Gasteiger partial charge in [0.05, 0.1) is 6.42 Å². The van der Waals surface area contributed by atoms with Crippen LogP contribution in [0.15, 0.2) is 23.8 Å². The number of carbonyl (C=O) groups is 3. The Labute approximate surface area is 182 Å². The standard InChI is InChI=1S/C25H32O6/c1-3-24(22(29)20(27)13-21(28)31-24)25(30)11-9-19-18-6-4-14-12-15(26)5-7-16(14)17(18)8-10-23(19,25)2/h4,6,12,16-20,27,30H,3,5,7-11,13H2,1-2H3/t16?,17-,18-,19?,20?,23-,24-,25-/m0/s1. The maximum atomic E-state index is 13.2. The van der Waals surface area contributed by atoms with E-state index in [1.807, 2.05) is 6.92 Å². The Kier molecular flexibility index (Phi) is 4.66. The molecule has 0 aromatic rings. The predicted octanol–water partition coefficient (Wildman–Crippen LogP) is 2.66. The van der Waals surface area contributed by atoms with Crippen molar-refractivity contribution in [1.29, 1.82) is 0 Å². The first-order valence-electron chi connectivity index (χ1n) is 11.8. The molecule has 0 spiro atoms. The van der Waals surface area contributed by atoms with Gasteiger partial charge in [0.15, 0.2) is 5.78 Å². The molecule has 0 aromatic heterocycles. The number of esters is 1. The van der Waals surface area contributed by atoms with E-state index in [-0.39, 0.29) is 30.5 Å². The van der Waals surface area contributed by atoms with Crippen LogP contribution in [0.1, 0.15) is 65.2 Å². The van der Waals surface area contributed by atoms with Crippen LogP contribution < -0.4 is 0 Å². The Morgan fingerprint density at radius 3 is 2.68 bits per heavy atom. The van der Waals surface area contributed by atoms with Gasteiger partial charge in [-0.1, -0.05) is 26.0 Å². The number of aliphatic hydroxyl groups excluding tert-OH is 1. The minimum Gasteiger partial charge on any atom is -0.448 e. The van der Waals surface area contributed by atoms with Crippen LogP contribution >= 0.6 is 0 Å². The van der Waals surface area contributed by atoms with E-state index in [1.54, 1.807) is 13.0 Å². The molecule has 1 saturated heterocycles. The number of ether oxygens (including phenoxy) is 1. The van der Waals surface area contributed by atoms with Gasteiger partial charge in [0.25, 0.3) is 0 Å². The maximum Gasteiger partial charge on any atom is 0.309 e. The summed E-state index contributed by atoms with van der Waals surface area (Å²) >= 11 is 0. The fraction of sp³-hybridized carbons (Fsp3) is 0.720. The number of ketones is 2. The summed E-state index contributed by atoms with van der Waals surface area (Å²) in [6.45, 7) is 3.80. The molecule has 8 atom stereocenters.